The third kappa shape index (κ3) is 52.6. The second-order valence-corrected chi connectivity index (χ2v) is 11.5. The maximum atomic E-state index is 10.2. The van der Waals surface area contributed by atoms with Crippen molar-refractivity contribution in [3.05, 3.63) is 0 Å². The van der Waals surface area contributed by atoms with E-state index >= 15 is 0 Å². The van der Waals surface area contributed by atoms with E-state index in [-0.39, 0.29) is 0 Å². The molecule has 0 aromatic heterocycles. The molecule has 0 spiro atoms. The molecular weight excluding hydrogens is 512 g/mol. The monoisotopic (exact) mass is 577 g/mol. The van der Waals surface area contributed by atoms with E-state index < -0.39 is 11.9 Å². The van der Waals surface area contributed by atoms with Crippen LogP contribution in [0.3, 0.4) is 0 Å². The van der Waals surface area contributed by atoms with Gasteiger partial charge in [-0.1, -0.05) is 117 Å². The van der Waals surface area contributed by atoms with Crippen LogP contribution in [0, 0.1) is 0 Å². The number of carboxylic acid groups (broad SMARTS) is 2. The Morgan fingerprint density at radius 3 is 0.892 bits per heavy atom. The van der Waals surface area contributed by atoms with Crippen molar-refractivity contribution < 1.29 is 34.8 Å². The fourth-order valence-electron chi connectivity index (χ4n) is 3.61. The van der Waals surface area contributed by atoms with E-state index in [9.17, 15) is 9.59 Å². The Morgan fingerprint density at radius 2 is 0.649 bits per heavy atom. The first-order valence-electron chi connectivity index (χ1n) is 15.8. The minimum absolute atomic E-state index is 0.343. The molecule has 0 aliphatic rings. The van der Waals surface area contributed by atoms with Gasteiger partial charge >= 0.3 is 77.1 Å². The van der Waals surface area contributed by atoms with Gasteiger partial charge in [0.2, 0.25) is 0 Å². The third-order valence-electron chi connectivity index (χ3n) is 6.12. The number of hydrogen-bond acceptors (Lipinski definition) is 2. The Labute approximate surface area is 238 Å². The van der Waals surface area contributed by atoms with Gasteiger partial charge in [-0.3, -0.25) is 9.59 Å². The van der Waals surface area contributed by atoms with Crippen LogP contribution >= 0.6 is 0 Å². The van der Waals surface area contributed by atoms with Gasteiger partial charge in [0.1, 0.15) is 0 Å². The van der Waals surface area contributed by atoms with E-state index in [1.54, 1.807) is 0 Å². The van der Waals surface area contributed by atoms with Crippen molar-refractivity contribution in [1.82, 2.24) is 0 Å². The summed E-state index contributed by atoms with van der Waals surface area (Å²) in [6, 6.07) is 0. The second kappa shape index (κ2) is 40.0. The third-order valence-corrected chi connectivity index (χ3v) is 7.45. The van der Waals surface area contributed by atoms with E-state index in [0.29, 0.717) is 12.8 Å². The fourth-order valence-corrected chi connectivity index (χ4v) is 4.99. The summed E-state index contributed by atoms with van der Waals surface area (Å²) < 4.78 is 0. The van der Waals surface area contributed by atoms with Crippen molar-refractivity contribution in [1.29, 1.82) is 0 Å². The fraction of sp³-hybridized carbons (Fsp3) is 0.938. The maximum absolute atomic E-state index is 10.2. The molecule has 0 aliphatic heterocycles. The first-order valence-corrected chi connectivity index (χ1v) is 17.1. The van der Waals surface area contributed by atoms with Gasteiger partial charge in [-0.2, -0.15) is 0 Å². The summed E-state index contributed by atoms with van der Waals surface area (Å²) in [4.78, 5) is 20.4. The Balaban J connectivity index is -0.000000481. The Hall–Kier alpha value is -0.541. The van der Waals surface area contributed by atoms with E-state index in [4.69, 9.17) is 10.2 Å². The molecule has 0 radical (unpaired) electrons. The van der Waals surface area contributed by atoms with Crippen LogP contribution in [-0.4, -0.2) is 22.2 Å². The average Bonchev–Trinajstić information content (AvgIpc) is 2.87. The van der Waals surface area contributed by atoms with E-state index in [1.165, 1.54) is 126 Å². The molecule has 5 heteroatoms. The summed E-state index contributed by atoms with van der Waals surface area (Å²) in [6.07, 6.45) is 28.4. The molecule has 0 rings (SSSR count). The molecule has 0 saturated carbocycles. The topological polar surface area (TPSA) is 74.6 Å². The van der Waals surface area contributed by atoms with Gasteiger partial charge in [-0.25, -0.2) is 0 Å². The molecule has 2 N–H and O–H groups in total. The molecule has 0 amide bonds. The first-order chi connectivity index (χ1) is 18.0. The molecule has 37 heavy (non-hydrogen) atoms. The molecule has 0 aromatic carbocycles. The van der Waals surface area contributed by atoms with Crippen molar-refractivity contribution in [3.63, 3.8) is 0 Å². The quantitative estimate of drug-likeness (QED) is 0.0791. The summed E-state index contributed by atoms with van der Waals surface area (Å²) in [5.41, 5.74) is 0. The van der Waals surface area contributed by atoms with Crippen LogP contribution in [0.5, 0.6) is 0 Å². The number of unbranched alkanes of at least 4 members (excludes halogenated alkanes) is 18. The predicted octanol–water partition coefficient (Wildman–Crippen LogP) is 11.5. The Kier molecular flexibility index (Phi) is 44.2. The zero-order valence-corrected chi connectivity index (χ0v) is 26.3. The molecule has 0 aliphatic carbocycles. The number of rotatable bonds is 26. The Bertz CT molecular complexity index is 391. The van der Waals surface area contributed by atoms with Gasteiger partial charge in [0.15, 0.2) is 0 Å². The van der Waals surface area contributed by atoms with Crippen LogP contribution in [0.4, 0.5) is 0 Å². The molecule has 0 atom stereocenters. The van der Waals surface area contributed by atoms with Gasteiger partial charge in [0, 0.05) is 12.8 Å². The summed E-state index contributed by atoms with van der Waals surface area (Å²) in [5.74, 6) is -1.32. The zero-order chi connectivity index (χ0) is 28.2. The summed E-state index contributed by atoms with van der Waals surface area (Å²) in [6.45, 7) is 8.95. The first kappa shape index (κ1) is 40.9. The molecule has 0 unspecified atom stereocenters. The zero-order valence-electron chi connectivity index (χ0n) is 25.4. The van der Waals surface area contributed by atoms with Crippen LogP contribution in [0.1, 0.15) is 182 Å². The Morgan fingerprint density at radius 1 is 0.405 bits per heavy atom. The average molecular weight is 578 g/mol. The van der Waals surface area contributed by atoms with Gasteiger partial charge in [-0.05, 0) is 12.8 Å². The molecule has 0 fully saturated rings. The molecule has 0 heterocycles. The van der Waals surface area contributed by atoms with Crippen LogP contribution < -0.4 is 0 Å². The molecule has 4 nitrogen and oxygen atoms in total. The molecule has 0 saturated heterocycles. The number of aliphatic carboxylic acids is 2. The normalized spacial score (nSPS) is 10.4. The van der Waals surface area contributed by atoms with Crippen LogP contribution in [-0.2, 0) is 24.5 Å². The summed E-state index contributed by atoms with van der Waals surface area (Å²) in [7, 11) is 0. The second-order valence-electron chi connectivity index (χ2n) is 10.1. The molecule has 0 aromatic rings. The molecule has 0 bridgehead atoms. The van der Waals surface area contributed by atoms with Gasteiger partial charge in [0.05, 0.1) is 0 Å². The number of carboxylic acids is 2. The van der Waals surface area contributed by atoms with E-state index in [0.717, 1.165) is 25.7 Å². The SMILES string of the molecule is CCCCCCCCCCCC(=O)O.CCCCCCCCCCCC(=O)O.CCC[CH2][Cu][CH2]CCC. The van der Waals surface area contributed by atoms with Crippen LogP contribution in [0.15, 0.2) is 0 Å². The minimum atomic E-state index is -0.659. The van der Waals surface area contributed by atoms with Crippen molar-refractivity contribution in [2.24, 2.45) is 0 Å². The number of hydrogen-bond donors (Lipinski definition) is 2. The van der Waals surface area contributed by atoms with Gasteiger partial charge in [-0.15, -0.1) is 0 Å². The van der Waals surface area contributed by atoms with Gasteiger partial charge in [0.25, 0.3) is 0 Å². The summed E-state index contributed by atoms with van der Waals surface area (Å²) >= 11 is 2.18. The predicted molar refractivity (Wildman–Crippen MR) is 158 cm³/mol. The standard InChI is InChI=1S/2C12H24O2.2C4H9.Cu/c2*1-2-3-4-5-6-7-8-9-10-11-12(13)14;2*1-3-4-2;/h2*2-11H2,1H3,(H,13,14);2*1,3-4H2,2H3;. The van der Waals surface area contributed by atoms with Crippen LogP contribution in [0.2, 0.25) is 10.6 Å². The molecular formula is C32H66CuO4. The van der Waals surface area contributed by atoms with E-state index in [1.807, 2.05) is 0 Å². The van der Waals surface area contributed by atoms with Gasteiger partial charge < -0.3 is 10.2 Å². The number of carbonyl (C=O) groups is 2. The van der Waals surface area contributed by atoms with Crippen molar-refractivity contribution in [3.8, 4) is 0 Å². The molecule has 229 valence electrons. The van der Waals surface area contributed by atoms with E-state index in [2.05, 4.69) is 42.7 Å². The van der Waals surface area contributed by atoms with Crippen molar-refractivity contribution >= 4 is 11.9 Å². The van der Waals surface area contributed by atoms with Crippen molar-refractivity contribution in [2.45, 2.75) is 192 Å². The van der Waals surface area contributed by atoms with Crippen LogP contribution in [0.25, 0.3) is 0 Å². The van der Waals surface area contributed by atoms with Crippen molar-refractivity contribution in [2.75, 3.05) is 0 Å². The summed E-state index contributed by atoms with van der Waals surface area (Å²) in [5, 5.41) is 19.5.